The number of carboxylic acids is 4. The van der Waals surface area contributed by atoms with E-state index in [9.17, 15) is 19.2 Å². The molecule has 1 aliphatic rings. The lowest BCUT2D eigenvalue weighted by atomic mass is 9.69. The first kappa shape index (κ1) is 18.9. The van der Waals surface area contributed by atoms with Crippen LogP contribution in [0.5, 0.6) is 0 Å². The molecule has 1 aliphatic carbocycles. The predicted octanol–water partition coefficient (Wildman–Crippen LogP) is 1.39. The summed E-state index contributed by atoms with van der Waals surface area (Å²) in [4.78, 5) is 44.0. The average Bonchev–Trinajstić information content (AvgIpc) is 2.43. The first-order chi connectivity index (χ1) is 10.6. The molecule has 0 saturated heterocycles. The van der Waals surface area contributed by atoms with Crippen molar-refractivity contribution in [1.29, 1.82) is 0 Å². The Balaban J connectivity index is 2.75. The second-order valence-corrected chi connectivity index (χ2v) is 6.35. The van der Waals surface area contributed by atoms with Gasteiger partial charge in [-0.25, -0.2) is 0 Å². The smallest absolute Gasteiger partial charge is 0.317 e. The van der Waals surface area contributed by atoms with Gasteiger partial charge in [0.05, 0.1) is 0 Å². The first-order valence-electron chi connectivity index (χ1n) is 7.54. The molecule has 1 saturated carbocycles. The zero-order valence-corrected chi connectivity index (χ0v) is 12.8. The van der Waals surface area contributed by atoms with E-state index in [2.05, 4.69) is 0 Å². The predicted molar refractivity (Wildman–Crippen MR) is 76.8 cm³/mol. The molecule has 4 N–H and O–H groups in total. The number of hydrogen-bond donors (Lipinski definition) is 4. The molecule has 0 aromatic carbocycles. The van der Waals surface area contributed by atoms with Crippen molar-refractivity contribution < 1.29 is 39.6 Å². The summed E-state index contributed by atoms with van der Waals surface area (Å²) >= 11 is 0. The lowest BCUT2D eigenvalue weighted by Gasteiger charge is -2.35. The Morgan fingerprint density at radius 3 is 1.70 bits per heavy atom. The summed E-state index contributed by atoms with van der Waals surface area (Å²) in [5.74, 6) is -8.73. The van der Waals surface area contributed by atoms with Crippen LogP contribution in [0.3, 0.4) is 0 Å². The highest BCUT2D eigenvalue weighted by atomic mass is 16.4. The molecule has 0 aliphatic heterocycles. The fourth-order valence-electron chi connectivity index (χ4n) is 3.31. The molecular formula is C15H22O8. The molecule has 0 aromatic rings. The minimum absolute atomic E-state index is 0.0152. The van der Waals surface area contributed by atoms with Crippen LogP contribution in [0.15, 0.2) is 0 Å². The number of carbonyl (C=O) groups is 4. The van der Waals surface area contributed by atoms with Gasteiger partial charge in [-0.1, -0.05) is 19.8 Å². The van der Waals surface area contributed by atoms with E-state index in [1.54, 1.807) is 0 Å². The monoisotopic (exact) mass is 330 g/mol. The van der Waals surface area contributed by atoms with Gasteiger partial charge in [-0.15, -0.1) is 0 Å². The highest BCUT2D eigenvalue weighted by Gasteiger charge is 2.37. The van der Waals surface area contributed by atoms with Crippen molar-refractivity contribution in [3.05, 3.63) is 0 Å². The van der Waals surface area contributed by atoms with Crippen LogP contribution in [0.1, 0.15) is 39.0 Å². The summed E-state index contributed by atoms with van der Waals surface area (Å²) in [6, 6.07) is 0. The van der Waals surface area contributed by atoms with Crippen LogP contribution in [-0.2, 0) is 19.2 Å². The molecule has 130 valence electrons. The third-order valence-corrected chi connectivity index (χ3v) is 4.77. The van der Waals surface area contributed by atoms with Gasteiger partial charge in [0.2, 0.25) is 0 Å². The second-order valence-electron chi connectivity index (χ2n) is 6.35. The molecule has 3 atom stereocenters. The minimum atomic E-state index is -1.49. The summed E-state index contributed by atoms with van der Waals surface area (Å²) in [5, 5.41) is 35.9. The fourth-order valence-corrected chi connectivity index (χ4v) is 3.31. The Morgan fingerprint density at radius 2 is 1.26 bits per heavy atom. The highest BCUT2D eigenvalue weighted by molar-refractivity contribution is 5.93. The fraction of sp³-hybridized carbons (Fsp3) is 0.733. The van der Waals surface area contributed by atoms with E-state index in [0.717, 1.165) is 0 Å². The van der Waals surface area contributed by atoms with Crippen molar-refractivity contribution in [3.8, 4) is 0 Å². The van der Waals surface area contributed by atoms with Crippen molar-refractivity contribution >= 4 is 23.9 Å². The van der Waals surface area contributed by atoms with Crippen LogP contribution in [-0.4, -0.2) is 44.3 Å². The van der Waals surface area contributed by atoms with Crippen molar-refractivity contribution in [1.82, 2.24) is 0 Å². The Kier molecular flexibility index (Phi) is 6.53. The zero-order chi connectivity index (χ0) is 17.7. The molecule has 0 aromatic heterocycles. The van der Waals surface area contributed by atoms with Crippen LogP contribution >= 0.6 is 0 Å². The molecule has 0 amide bonds. The van der Waals surface area contributed by atoms with Crippen molar-refractivity contribution in [3.63, 3.8) is 0 Å². The van der Waals surface area contributed by atoms with Gasteiger partial charge in [0.25, 0.3) is 0 Å². The number of aliphatic carboxylic acids is 4. The summed E-state index contributed by atoms with van der Waals surface area (Å²) in [6.45, 7) is 1.91. The van der Waals surface area contributed by atoms with Crippen molar-refractivity contribution in [2.45, 2.75) is 39.0 Å². The van der Waals surface area contributed by atoms with E-state index in [0.29, 0.717) is 19.3 Å². The Morgan fingerprint density at radius 1 is 0.826 bits per heavy atom. The topological polar surface area (TPSA) is 149 Å². The number of hydrogen-bond acceptors (Lipinski definition) is 4. The van der Waals surface area contributed by atoms with Gasteiger partial charge in [0.1, 0.15) is 0 Å². The van der Waals surface area contributed by atoms with Gasteiger partial charge < -0.3 is 20.4 Å². The Bertz CT molecular complexity index is 458. The summed E-state index contributed by atoms with van der Waals surface area (Å²) < 4.78 is 0. The molecule has 1 rings (SSSR count). The largest absolute Gasteiger partial charge is 0.481 e. The molecule has 8 nitrogen and oxygen atoms in total. The van der Waals surface area contributed by atoms with Crippen LogP contribution in [0.25, 0.3) is 0 Å². The molecule has 0 spiro atoms. The third kappa shape index (κ3) is 5.22. The van der Waals surface area contributed by atoms with Crippen LogP contribution in [0, 0.1) is 29.6 Å². The lowest BCUT2D eigenvalue weighted by molar-refractivity contribution is -0.156. The van der Waals surface area contributed by atoms with Crippen LogP contribution < -0.4 is 0 Å². The maximum absolute atomic E-state index is 11.0. The van der Waals surface area contributed by atoms with Gasteiger partial charge >= 0.3 is 23.9 Å². The van der Waals surface area contributed by atoms with Gasteiger partial charge in [0, 0.05) is 0 Å². The Labute approximate surface area is 133 Å². The third-order valence-electron chi connectivity index (χ3n) is 4.77. The first-order valence-corrected chi connectivity index (χ1v) is 7.54. The van der Waals surface area contributed by atoms with Crippen molar-refractivity contribution in [2.75, 3.05) is 0 Å². The molecule has 23 heavy (non-hydrogen) atoms. The highest BCUT2D eigenvalue weighted by Crippen LogP contribution is 2.40. The van der Waals surface area contributed by atoms with Crippen molar-refractivity contribution in [2.24, 2.45) is 29.6 Å². The molecule has 0 radical (unpaired) electrons. The molecular weight excluding hydrogens is 308 g/mol. The number of carboxylic acid groups (broad SMARTS) is 4. The average molecular weight is 330 g/mol. The lowest BCUT2D eigenvalue weighted by Crippen LogP contribution is -2.33. The summed E-state index contributed by atoms with van der Waals surface area (Å²) in [7, 11) is 0. The van der Waals surface area contributed by atoms with Gasteiger partial charge in [0.15, 0.2) is 11.8 Å². The van der Waals surface area contributed by atoms with Gasteiger partial charge in [-0.05, 0) is 37.0 Å². The normalized spacial score (nSPS) is 24.6. The summed E-state index contributed by atoms with van der Waals surface area (Å²) in [5.41, 5.74) is 0. The van der Waals surface area contributed by atoms with Gasteiger partial charge in [-0.2, -0.15) is 0 Å². The SMILES string of the molecule is CC1CCC(CC(C(=O)O)C(=O)O)CC1CC(C(=O)O)C(=O)O. The molecule has 3 unspecified atom stereocenters. The Hall–Kier alpha value is -2.12. The maximum atomic E-state index is 11.0. The molecule has 0 heterocycles. The molecule has 8 heteroatoms. The minimum Gasteiger partial charge on any atom is -0.481 e. The van der Waals surface area contributed by atoms with E-state index in [1.165, 1.54) is 0 Å². The quantitative estimate of drug-likeness (QED) is 0.488. The zero-order valence-electron chi connectivity index (χ0n) is 12.8. The second kappa shape index (κ2) is 7.94. The standard InChI is InChI=1S/C15H22O8/c1-7-2-3-8(5-10(12(16)17)13(18)19)4-9(7)6-11(14(20)21)15(22)23/h7-11H,2-6H2,1H3,(H,16,17)(H,18,19)(H,20,21)(H,22,23). The maximum Gasteiger partial charge on any atom is 0.317 e. The van der Waals surface area contributed by atoms with Crippen LogP contribution in [0.4, 0.5) is 0 Å². The van der Waals surface area contributed by atoms with E-state index < -0.39 is 35.7 Å². The molecule has 1 fully saturated rings. The molecule has 0 bridgehead atoms. The summed E-state index contributed by atoms with van der Waals surface area (Å²) in [6.07, 6.45) is 1.79. The van der Waals surface area contributed by atoms with E-state index in [-0.39, 0.29) is 30.6 Å². The van der Waals surface area contributed by atoms with E-state index >= 15 is 0 Å². The van der Waals surface area contributed by atoms with E-state index in [4.69, 9.17) is 20.4 Å². The van der Waals surface area contributed by atoms with Crippen LogP contribution in [0.2, 0.25) is 0 Å². The van der Waals surface area contributed by atoms with Gasteiger partial charge in [-0.3, -0.25) is 19.2 Å². The number of rotatable bonds is 8. The van der Waals surface area contributed by atoms with E-state index in [1.807, 2.05) is 6.92 Å².